The van der Waals surface area contributed by atoms with Crippen LogP contribution in [0.3, 0.4) is 0 Å². The molecule has 0 aromatic rings. The molecule has 0 aromatic heterocycles. The van der Waals surface area contributed by atoms with Gasteiger partial charge in [-0.25, -0.2) is 0 Å². The van der Waals surface area contributed by atoms with E-state index in [1.54, 1.807) is 0 Å². The van der Waals surface area contributed by atoms with E-state index in [9.17, 15) is 14.4 Å². The minimum atomic E-state index is -0.622. The molecule has 0 spiro atoms. The lowest BCUT2D eigenvalue weighted by Crippen LogP contribution is -2.66. The van der Waals surface area contributed by atoms with E-state index in [0.717, 1.165) is 64.2 Å². The predicted octanol–water partition coefficient (Wildman–Crippen LogP) is 3.94. The van der Waals surface area contributed by atoms with Gasteiger partial charge in [-0.05, 0) is 63.7 Å². The van der Waals surface area contributed by atoms with Crippen LogP contribution in [-0.4, -0.2) is 41.8 Å². The fourth-order valence-electron chi connectivity index (χ4n) is 7.96. The molecular formula is C28H44N2O4. The van der Waals surface area contributed by atoms with Crippen molar-refractivity contribution >= 4 is 17.5 Å². The summed E-state index contributed by atoms with van der Waals surface area (Å²) in [5, 5.41) is 3.78. The van der Waals surface area contributed by atoms with Crippen molar-refractivity contribution in [2.24, 2.45) is 41.2 Å². The Morgan fingerprint density at radius 1 is 0.824 bits per heavy atom. The zero-order valence-corrected chi connectivity index (χ0v) is 20.9. The van der Waals surface area contributed by atoms with Gasteiger partial charge in [0.1, 0.15) is 17.7 Å². The van der Waals surface area contributed by atoms with Gasteiger partial charge >= 0.3 is 5.97 Å². The highest BCUT2D eigenvalue weighted by molar-refractivity contribution is 6.01. The molecule has 5 rings (SSSR count). The fraction of sp³-hybridized carbons (Fsp3) is 0.893. The van der Waals surface area contributed by atoms with Gasteiger partial charge in [-0.1, -0.05) is 39.0 Å². The number of nitrogens with one attached hydrogen (secondary N) is 1. The standard InChI is InChI=1S/C28H44N2O4/c1-16-11-13-18(14-12-16)34-28(33)21-15-22(30-17-7-3-2-4-8-17)23-24(25(21)29)27(32)20-10-6-5-9-19(20)26(23)31/h16-25,30H,2-15,29H2,1H3. The van der Waals surface area contributed by atoms with E-state index in [0.29, 0.717) is 18.4 Å². The Labute approximate surface area is 204 Å². The smallest absolute Gasteiger partial charge is 0.310 e. The molecule has 0 saturated heterocycles. The van der Waals surface area contributed by atoms with E-state index in [2.05, 4.69) is 12.2 Å². The van der Waals surface area contributed by atoms with Crippen LogP contribution in [-0.2, 0) is 19.1 Å². The van der Waals surface area contributed by atoms with Gasteiger partial charge in [0.25, 0.3) is 0 Å². The van der Waals surface area contributed by atoms with Crippen LogP contribution in [0.25, 0.3) is 0 Å². The van der Waals surface area contributed by atoms with Crippen molar-refractivity contribution < 1.29 is 19.1 Å². The average molecular weight is 473 g/mol. The van der Waals surface area contributed by atoms with Crippen LogP contribution in [0, 0.1) is 35.5 Å². The molecule has 7 unspecified atom stereocenters. The number of esters is 1. The first-order chi connectivity index (χ1) is 16.4. The summed E-state index contributed by atoms with van der Waals surface area (Å²) in [6.07, 6.45) is 14.0. The molecule has 5 fully saturated rings. The van der Waals surface area contributed by atoms with Gasteiger partial charge in [0.05, 0.1) is 5.92 Å². The Kier molecular flexibility index (Phi) is 7.46. The molecule has 0 bridgehead atoms. The molecule has 6 nitrogen and oxygen atoms in total. The normalized spacial score (nSPS) is 43.6. The minimum Gasteiger partial charge on any atom is -0.462 e. The number of Topliss-reactive ketones (excluding diaryl/α,β-unsaturated/α-hetero) is 2. The highest BCUT2D eigenvalue weighted by Gasteiger charge is 2.59. The number of ether oxygens (including phenoxy) is 1. The van der Waals surface area contributed by atoms with E-state index < -0.39 is 17.9 Å². The lowest BCUT2D eigenvalue weighted by atomic mass is 9.54. The summed E-state index contributed by atoms with van der Waals surface area (Å²) in [6, 6.07) is -0.419. The summed E-state index contributed by atoms with van der Waals surface area (Å²) in [5.41, 5.74) is 6.73. The molecule has 0 amide bonds. The Bertz CT molecular complexity index is 770. The highest BCUT2D eigenvalue weighted by atomic mass is 16.5. The van der Waals surface area contributed by atoms with Crippen molar-refractivity contribution in [3.63, 3.8) is 0 Å². The summed E-state index contributed by atoms with van der Waals surface area (Å²) >= 11 is 0. The van der Waals surface area contributed by atoms with Gasteiger partial charge in [-0.15, -0.1) is 0 Å². The number of rotatable bonds is 4. The van der Waals surface area contributed by atoms with Crippen LogP contribution in [0.1, 0.15) is 96.8 Å². The lowest BCUT2D eigenvalue weighted by Gasteiger charge is -2.51. The quantitative estimate of drug-likeness (QED) is 0.602. The second kappa shape index (κ2) is 10.4. The predicted molar refractivity (Wildman–Crippen MR) is 130 cm³/mol. The van der Waals surface area contributed by atoms with E-state index >= 15 is 0 Å². The number of fused-ring (bicyclic) bond motifs is 2. The first kappa shape index (κ1) is 24.4. The Morgan fingerprint density at radius 3 is 2.06 bits per heavy atom. The first-order valence-corrected chi connectivity index (χ1v) is 14.2. The monoisotopic (exact) mass is 472 g/mol. The fourth-order valence-corrected chi connectivity index (χ4v) is 7.96. The Balaban J connectivity index is 1.38. The lowest BCUT2D eigenvalue weighted by molar-refractivity contribution is -0.165. The molecule has 3 N–H and O–H groups in total. The number of hydrogen-bond donors (Lipinski definition) is 2. The van der Waals surface area contributed by atoms with Crippen LogP contribution in [0.2, 0.25) is 0 Å². The van der Waals surface area contributed by atoms with Crippen LogP contribution in [0.4, 0.5) is 0 Å². The Morgan fingerprint density at radius 2 is 1.41 bits per heavy atom. The summed E-state index contributed by atoms with van der Waals surface area (Å²) < 4.78 is 5.99. The van der Waals surface area contributed by atoms with Crippen molar-refractivity contribution in [2.75, 3.05) is 0 Å². The summed E-state index contributed by atoms with van der Waals surface area (Å²) in [7, 11) is 0. The summed E-state index contributed by atoms with van der Waals surface area (Å²) in [5.74, 6) is -0.950. The SMILES string of the molecule is CC1CCC(OC(=O)C2CC(NC3CCCCC3)C3C(=O)C4CCCCC4C(=O)C3C2N)CC1. The topological polar surface area (TPSA) is 98.5 Å². The molecule has 6 heteroatoms. The maximum absolute atomic E-state index is 13.8. The molecule has 0 heterocycles. The van der Waals surface area contributed by atoms with Crippen molar-refractivity contribution in [3.8, 4) is 0 Å². The van der Waals surface area contributed by atoms with Crippen LogP contribution in [0.5, 0.6) is 0 Å². The van der Waals surface area contributed by atoms with E-state index in [1.807, 2.05) is 0 Å². The van der Waals surface area contributed by atoms with Crippen LogP contribution >= 0.6 is 0 Å². The number of carbonyl (C=O) groups excluding carboxylic acids is 3. The summed E-state index contributed by atoms with van der Waals surface area (Å²) in [6.45, 7) is 2.25. The van der Waals surface area contributed by atoms with Gasteiger partial charge < -0.3 is 15.8 Å². The molecular weight excluding hydrogens is 428 g/mol. The zero-order chi connectivity index (χ0) is 23.8. The third-order valence-corrected chi connectivity index (χ3v) is 9.96. The van der Waals surface area contributed by atoms with E-state index in [4.69, 9.17) is 10.5 Å². The van der Waals surface area contributed by atoms with Crippen molar-refractivity contribution in [1.82, 2.24) is 5.32 Å². The molecule has 0 radical (unpaired) electrons. The molecule has 0 aliphatic heterocycles. The molecule has 7 atom stereocenters. The van der Waals surface area contributed by atoms with E-state index in [-0.39, 0.29) is 47.4 Å². The average Bonchev–Trinajstić information content (AvgIpc) is 2.85. The van der Waals surface area contributed by atoms with Crippen LogP contribution < -0.4 is 11.1 Å². The molecule has 34 heavy (non-hydrogen) atoms. The van der Waals surface area contributed by atoms with Crippen LogP contribution in [0.15, 0.2) is 0 Å². The van der Waals surface area contributed by atoms with Crippen molar-refractivity contribution in [2.45, 2.75) is 121 Å². The van der Waals surface area contributed by atoms with E-state index in [1.165, 1.54) is 19.3 Å². The largest absolute Gasteiger partial charge is 0.462 e. The second-order valence-electron chi connectivity index (χ2n) is 12.2. The zero-order valence-electron chi connectivity index (χ0n) is 20.9. The molecule has 0 aromatic carbocycles. The molecule has 5 saturated carbocycles. The van der Waals surface area contributed by atoms with Gasteiger partial charge in [0, 0.05) is 41.8 Å². The van der Waals surface area contributed by atoms with Gasteiger partial charge in [-0.2, -0.15) is 0 Å². The summed E-state index contributed by atoms with van der Waals surface area (Å²) in [4.78, 5) is 41.0. The van der Waals surface area contributed by atoms with Crippen molar-refractivity contribution in [3.05, 3.63) is 0 Å². The highest BCUT2D eigenvalue weighted by Crippen LogP contribution is 2.48. The van der Waals surface area contributed by atoms with Gasteiger partial charge in [0.2, 0.25) is 0 Å². The molecule has 190 valence electrons. The number of hydrogen-bond acceptors (Lipinski definition) is 6. The van der Waals surface area contributed by atoms with Gasteiger partial charge in [-0.3, -0.25) is 14.4 Å². The third-order valence-electron chi connectivity index (χ3n) is 9.96. The maximum Gasteiger partial charge on any atom is 0.310 e. The van der Waals surface area contributed by atoms with Gasteiger partial charge in [0.15, 0.2) is 0 Å². The van der Waals surface area contributed by atoms with Crippen molar-refractivity contribution in [1.29, 1.82) is 0 Å². The second-order valence-corrected chi connectivity index (χ2v) is 12.2. The molecule has 5 aliphatic carbocycles. The number of carbonyl (C=O) groups is 3. The molecule has 5 aliphatic rings. The number of nitrogens with two attached hydrogens (primary N) is 1. The minimum absolute atomic E-state index is 0.0372. The first-order valence-electron chi connectivity index (χ1n) is 14.2. The third kappa shape index (κ3) is 4.74. The maximum atomic E-state index is 13.8. The number of ketones is 2. The Hall–Kier alpha value is -1.27.